The largest absolute Gasteiger partial charge is 0.503 e. The third kappa shape index (κ3) is 6.51. The molecule has 36 heavy (non-hydrogen) atoms. The highest BCUT2D eigenvalue weighted by molar-refractivity contribution is 5.97. The predicted molar refractivity (Wildman–Crippen MR) is 129 cm³/mol. The number of benzene rings is 1. The number of amides is 1. The SMILES string of the molecule is COc1ccnc(C(=O)NC2CCCC(OCC3CC3)C(Cc3ccc(F)cc3)C(C)OC2=O)c1O. The van der Waals surface area contributed by atoms with E-state index in [0.29, 0.717) is 38.2 Å². The summed E-state index contributed by atoms with van der Waals surface area (Å²) in [4.78, 5) is 29.9. The van der Waals surface area contributed by atoms with Crippen LogP contribution in [0.3, 0.4) is 0 Å². The first-order valence-corrected chi connectivity index (χ1v) is 12.4. The van der Waals surface area contributed by atoms with Gasteiger partial charge in [-0.1, -0.05) is 12.1 Å². The molecule has 4 atom stereocenters. The summed E-state index contributed by atoms with van der Waals surface area (Å²) in [6, 6.07) is 6.87. The van der Waals surface area contributed by atoms with Crippen molar-refractivity contribution in [2.45, 2.75) is 63.7 Å². The number of rotatable bonds is 8. The van der Waals surface area contributed by atoms with E-state index in [1.54, 1.807) is 12.1 Å². The molecule has 2 fully saturated rings. The van der Waals surface area contributed by atoms with Crippen LogP contribution in [0.2, 0.25) is 0 Å². The van der Waals surface area contributed by atoms with Crippen molar-refractivity contribution in [1.82, 2.24) is 10.3 Å². The van der Waals surface area contributed by atoms with Gasteiger partial charge in [-0.3, -0.25) is 4.79 Å². The number of aromatic hydroxyl groups is 1. The van der Waals surface area contributed by atoms with Crippen molar-refractivity contribution in [1.29, 1.82) is 0 Å². The average Bonchev–Trinajstić information content (AvgIpc) is 3.69. The molecule has 194 valence electrons. The van der Waals surface area contributed by atoms with Crippen molar-refractivity contribution < 1.29 is 33.3 Å². The summed E-state index contributed by atoms with van der Waals surface area (Å²) in [5, 5.41) is 12.9. The number of carbonyl (C=O) groups is 2. The van der Waals surface area contributed by atoms with Gasteiger partial charge >= 0.3 is 5.97 Å². The molecule has 2 heterocycles. The lowest BCUT2D eigenvalue weighted by molar-refractivity contribution is -0.155. The normalized spacial score (nSPS) is 24.7. The number of aromatic nitrogens is 1. The van der Waals surface area contributed by atoms with E-state index in [0.717, 1.165) is 5.56 Å². The predicted octanol–water partition coefficient (Wildman–Crippen LogP) is 3.80. The molecule has 0 radical (unpaired) electrons. The number of pyridine rings is 1. The molecule has 1 aromatic carbocycles. The fraction of sp³-hybridized carbons (Fsp3) is 0.519. The quantitative estimate of drug-likeness (QED) is 0.531. The lowest BCUT2D eigenvalue weighted by Gasteiger charge is -2.31. The summed E-state index contributed by atoms with van der Waals surface area (Å²) in [7, 11) is 1.37. The lowest BCUT2D eigenvalue weighted by atomic mass is 9.87. The minimum absolute atomic E-state index is 0.111. The monoisotopic (exact) mass is 500 g/mol. The van der Waals surface area contributed by atoms with Gasteiger partial charge in [0, 0.05) is 24.8 Å². The van der Waals surface area contributed by atoms with Crippen LogP contribution in [-0.4, -0.2) is 53.9 Å². The second kappa shape index (κ2) is 11.7. The third-order valence-electron chi connectivity index (χ3n) is 6.90. The van der Waals surface area contributed by atoms with Gasteiger partial charge in [0.1, 0.15) is 18.0 Å². The van der Waals surface area contributed by atoms with Crippen LogP contribution in [0.4, 0.5) is 4.39 Å². The van der Waals surface area contributed by atoms with Gasteiger partial charge in [-0.25, -0.2) is 14.2 Å². The Kier molecular flexibility index (Phi) is 8.40. The highest BCUT2D eigenvalue weighted by Gasteiger charge is 2.36. The molecule has 2 N–H and O–H groups in total. The molecular formula is C27H33FN2O6. The van der Waals surface area contributed by atoms with Crippen molar-refractivity contribution in [3.63, 3.8) is 0 Å². The van der Waals surface area contributed by atoms with E-state index in [1.165, 1.54) is 44.3 Å². The molecule has 2 aliphatic rings. The fourth-order valence-corrected chi connectivity index (χ4v) is 4.58. The Morgan fingerprint density at radius 3 is 2.64 bits per heavy atom. The second-order valence-corrected chi connectivity index (χ2v) is 9.62. The van der Waals surface area contributed by atoms with E-state index in [9.17, 15) is 19.1 Å². The second-order valence-electron chi connectivity index (χ2n) is 9.62. The van der Waals surface area contributed by atoms with Crippen LogP contribution in [0, 0.1) is 17.7 Å². The van der Waals surface area contributed by atoms with Crippen LogP contribution in [0.1, 0.15) is 55.1 Å². The number of cyclic esters (lactones) is 1. The van der Waals surface area contributed by atoms with Crippen molar-refractivity contribution in [3.05, 3.63) is 53.6 Å². The topological polar surface area (TPSA) is 107 Å². The summed E-state index contributed by atoms with van der Waals surface area (Å²) >= 11 is 0. The first-order valence-electron chi connectivity index (χ1n) is 12.4. The number of hydrogen-bond acceptors (Lipinski definition) is 7. The summed E-state index contributed by atoms with van der Waals surface area (Å²) < 4.78 is 30.7. The number of esters is 1. The molecule has 4 rings (SSSR count). The van der Waals surface area contributed by atoms with Crippen molar-refractivity contribution in [3.8, 4) is 11.5 Å². The van der Waals surface area contributed by atoms with Gasteiger partial charge in [0.2, 0.25) is 0 Å². The maximum atomic E-state index is 13.4. The van der Waals surface area contributed by atoms with Crippen LogP contribution in [0.5, 0.6) is 11.5 Å². The van der Waals surface area contributed by atoms with E-state index in [1.807, 2.05) is 6.92 Å². The smallest absolute Gasteiger partial charge is 0.328 e. The zero-order valence-electron chi connectivity index (χ0n) is 20.6. The van der Waals surface area contributed by atoms with Gasteiger partial charge in [-0.05, 0) is 69.1 Å². The van der Waals surface area contributed by atoms with Crippen molar-refractivity contribution in [2.75, 3.05) is 13.7 Å². The van der Waals surface area contributed by atoms with Gasteiger partial charge in [-0.2, -0.15) is 0 Å². The van der Waals surface area contributed by atoms with Gasteiger partial charge in [0.15, 0.2) is 17.2 Å². The Balaban J connectivity index is 1.49. The Bertz CT molecular complexity index is 1060. The molecule has 4 unspecified atom stereocenters. The molecule has 1 saturated carbocycles. The molecule has 1 aromatic heterocycles. The molecule has 1 saturated heterocycles. The lowest BCUT2D eigenvalue weighted by Crippen LogP contribution is -2.44. The van der Waals surface area contributed by atoms with Crippen LogP contribution >= 0.6 is 0 Å². The Labute approximate surface area is 210 Å². The van der Waals surface area contributed by atoms with E-state index in [4.69, 9.17) is 14.2 Å². The van der Waals surface area contributed by atoms with Crippen molar-refractivity contribution >= 4 is 11.9 Å². The highest BCUT2D eigenvalue weighted by Crippen LogP contribution is 2.33. The zero-order chi connectivity index (χ0) is 25.7. The van der Waals surface area contributed by atoms with Crippen LogP contribution < -0.4 is 10.1 Å². The Hall–Kier alpha value is -3.20. The zero-order valence-corrected chi connectivity index (χ0v) is 20.6. The van der Waals surface area contributed by atoms with Crippen LogP contribution in [0.15, 0.2) is 36.5 Å². The third-order valence-corrected chi connectivity index (χ3v) is 6.90. The van der Waals surface area contributed by atoms with E-state index in [2.05, 4.69) is 10.3 Å². The fourth-order valence-electron chi connectivity index (χ4n) is 4.58. The first-order chi connectivity index (χ1) is 17.4. The van der Waals surface area contributed by atoms with Gasteiger partial charge < -0.3 is 24.6 Å². The Morgan fingerprint density at radius 2 is 1.94 bits per heavy atom. The number of ether oxygens (including phenoxy) is 3. The summed E-state index contributed by atoms with van der Waals surface area (Å²) in [5.41, 5.74) is 0.711. The summed E-state index contributed by atoms with van der Waals surface area (Å²) in [5.74, 6) is -1.37. The molecule has 8 nitrogen and oxygen atoms in total. The Morgan fingerprint density at radius 1 is 1.19 bits per heavy atom. The maximum Gasteiger partial charge on any atom is 0.328 e. The molecular weight excluding hydrogens is 467 g/mol. The van der Waals surface area contributed by atoms with E-state index in [-0.39, 0.29) is 29.3 Å². The van der Waals surface area contributed by atoms with Gasteiger partial charge in [0.05, 0.1) is 13.2 Å². The molecule has 2 aromatic rings. The van der Waals surface area contributed by atoms with Gasteiger partial charge in [0.25, 0.3) is 5.91 Å². The molecule has 9 heteroatoms. The minimum Gasteiger partial charge on any atom is -0.503 e. The van der Waals surface area contributed by atoms with E-state index < -0.39 is 29.8 Å². The van der Waals surface area contributed by atoms with E-state index >= 15 is 0 Å². The summed E-state index contributed by atoms with van der Waals surface area (Å²) in [6.07, 6.45) is 5.28. The standard InChI is InChI=1S/C27H33FN2O6/c1-16-20(14-17-8-10-19(28)11-9-17)22(35-15-18-6-7-18)5-3-4-21(27(33)36-16)30-26(32)24-25(31)23(34-2)12-13-29-24/h8-13,16,18,20-22,31H,3-7,14-15H2,1-2H3,(H,30,32). The first kappa shape index (κ1) is 25.9. The molecule has 1 aliphatic carbocycles. The molecule has 0 spiro atoms. The number of halogens is 1. The molecule has 1 amide bonds. The number of nitrogens with zero attached hydrogens (tertiary/aromatic N) is 1. The summed E-state index contributed by atoms with van der Waals surface area (Å²) in [6.45, 7) is 2.51. The van der Waals surface area contributed by atoms with Gasteiger partial charge in [-0.15, -0.1) is 0 Å². The number of methoxy groups -OCH3 is 1. The molecule has 0 bridgehead atoms. The highest BCUT2D eigenvalue weighted by atomic mass is 19.1. The number of carbonyl (C=O) groups excluding carboxylic acids is 2. The maximum absolute atomic E-state index is 13.4. The minimum atomic E-state index is -0.902. The van der Waals surface area contributed by atoms with Crippen LogP contribution in [0.25, 0.3) is 0 Å². The number of hydrogen-bond donors (Lipinski definition) is 2. The average molecular weight is 501 g/mol. The van der Waals surface area contributed by atoms with Crippen LogP contribution in [-0.2, 0) is 20.7 Å². The number of nitrogens with one attached hydrogen (secondary N) is 1. The molecule has 1 aliphatic heterocycles. The van der Waals surface area contributed by atoms with Crippen molar-refractivity contribution in [2.24, 2.45) is 11.8 Å².